The van der Waals surface area contributed by atoms with Crippen molar-refractivity contribution in [3.63, 3.8) is 0 Å². The molecule has 4 unspecified atom stereocenters. The van der Waals surface area contributed by atoms with Crippen molar-refractivity contribution in [1.29, 1.82) is 0 Å². The summed E-state index contributed by atoms with van der Waals surface area (Å²) >= 11 is 0. The van der Waals surface area contributed by atoms with Crippen LogP contribution in [0.1, 0.15) is 26.7 Å². The predicted molar refractivity (Wildman–Crippen MR) is 105 cm³/mol. The molecule has 27 heavy (non-hydrogen) atoms. The largest absolute Gasteiger partial charge is 0.342 e. The van der Waals surface area contributed by atoms with Crippen LogP contribution in [0.3, 0.4) is 0 Å². The molecule has 0 radical (unpaired) electrons. The molecule has 4 rings (SSSR count). The number of hydrogen-bond donors (Lipinski definition) is 1. The number of nitrogens with zero attached hydrogens (tertiary/aromatic N) is 3. The van der Waals surface area contributed by atoms with Crippen LogP contribution in [0.5, 0.6) is 0 Å². The first-order chi connectivity index (χ1) is 13.1. The zero-order chi connectivity index (χ0) is 19.0. The number of benzene rings is 1. The Hall–Kier alpha value is -1.92. The van der Waals surface area contributed by atoms with E-state index in [-0.39, 0.29) is 29.7 Å². The monoisotopic (exact) mass is 370 g/mol. The molecule has 2 amide bonds. The number of rotatable bonds is 3. The Morgan fingerprint density at radius 1 is 1.19 bits per heavy atom. The van der Waals surface area contributed by atoms with Crippen molar-refractivity contribution >= 4 is 17.5 Å². The van der Waals surface area contributed by atoms with Crippen molar-refractivity contribution < 1.29 is 9.59 Å². The summed E-state index contributed by atoms with van der Waals surface area (Å²) < 4.78 is 0. The highest BCUT2D eigenvalue weighted by atomic mass is 16.2. The van der Waals surface area contributed by atoms with Crippen LogP contribution in [0, 0.1) is 17.8 Å². The van der Waals surface area contributed by atoms with E-state index in [9.17, 15) is 9.59 Å². The fraction of sp³-hybridized carbons (Fsp3) is 0.619. The van der Waals surface area contributed by atoms with Crippen molar-refractivity contribution in [1.82, 2.24) is 15.2 Å². The average Bonchev–Trinajstić information content (AvgIpc) is 3.04. The smallest absolute Gasteiger partial charge is 0.247 e. The number of carbonyl (C=O) groups is 2. The Bertz CT molecular complexity index is 695. The first-order valence-electron chi connectivity index (χ1n) is 10.2. The molecule has 1 N–H and O–H groups in total. The molecule has 3 fully saturated rings. The van der Waals surface area contributed by atoms with Gasteiger partial charge in [0, 0.05) is 26.2 Å². The van der Waals surface area contributed by atoms with Gasteiger partial charge in [-0.1, -0.05) is 32.0 Å². The number of anilines is 1. The summed E-state index contributed by atoms with van der Waals surface area (Å²) in [4.78, 5) is 30.8. The third kappa shape index (κ3) is 3.48. The van der Waals surface area contributed by atoms with E-state index in [1.165, 1.54) is 6.42 Å². The summed E-state index contributed by atoms with van der Waals surface area (Å²) in [5.74, 6) is 0.504. The Morgan fingerprint density at radius 3 is 2.67 bits per heavy atom. The normalized spacial score (nSPS) is 31.9. The second-order valence-corrected chi connectivity index (χ2v) is 8.26. The van der Waals surface area contributed by atoms with E-state index in [0.29, 0.717) is 5.92 Å². The maximum atomic E-state index is 13.4. The number of nitrogens with one attached hydrogen (secondary N) is 1. The number of likely N-dealkylation sites (tertiary alicyclic amines) is 2. The van der Waals surface area contributed by atoms with E-state index >= 15 is 0 Å². The number of amides is 2. The topological polar surface area (TPSA) is 55.9 Å². The fourth-order valence-corrected chi connectivity index (χ4v) is 4.82. The van der Waals surface area contributed by atoms with Gasteiger partial charge >= 0.3 is 0 Å². The second kappa shape index (κ2) is 7.60. The maximum Gasteiger partial charge on any atom is 0.247 e. The SMILES string of the molecule is CCN1CC(C(=O)N2CCCC(C)C2)C2NN(c3ccccc3)C(=O)C2C1. The highest BCUT2D eigenvalue weighted by Crippen LogP contribution is 2.33. The number of hydrazine groups is 1. The molecule has 6 heteroatoms. The van der Waals surface area contributed by atoms with E-state index < -0.39 is 0 Å². The molecular formula is C21H30N4O2. The van der Waals surface area contributed by atoms with Crippen LogP contribution < -0.4 is 10.4 Å². The molecule has 3 aliphatic rings. The number of piperidine rings is 2. The van der Waals surface area contributed by atoms with E-state index in [1.54, 1.807) is 5.01 Å². The van der Waals surface area contributed by atoms with Gasteiger partial charge in [-0.15, -0.1) is 0 Å². The minimum absolute atomic E-state index is 0.0779. The highest BCUT2D eigenvalue weighted by Gasteiger charge is 2.51. The minimum atomic E-state index is -0.174. The molecule has 0 bridgehead atoms. The lowest BCUT2D eigenvalue weighted by atomic mass is 9.83. The van der Waals surface area contributed by atoms with Gasteiger partial charge in [-0.25, -0.2) is 10.4 Å². The van der Waals surface area contributed by atoms with Gasteiger partial charge in [-0.05, 0) is 37.4 Å². The Morgan fingerprint density at radius 2 is 1.96 bits per heavy atom. The number of hydrogen-bond acceptors (Lipinski definition) is 4. The lowest BCUT2D eigenvalue weighted by molar-refractivity contribution is -0.141. The number of carbonyl (C=O) groups excluding carboxylic acids is 2. The summed E-state index contributed by atoms with van der Waals surface area (Å²) in [6.07, 6.45) is 2.27. The summed E-state index contributed by atoms with van der Waals surface area (Å²) in [6.45, 7) is 8.32. The van der Waals surface area contributed by atoms with Crippen molar-refractivity contribution in [2.45, 2.75) is 32.7 Å². The van der Waals surface area contributed by atoms with Crippen LogP contribution in [-0.4, -0.2) is 60.4 Å². The lowest BCUT2D eigenvalue weighted by Gasteiger charge is -2.41. The lowest BCUT2D eigenvalue weighted by Crippen LogP contribution is -2.58. The van der Waals surface area contributed by atoms with Gasteiger partial charge in [0.15, 0.2) is 0 Å². The first kappa shape index (κ1) is 18.4. The Kier molecular flexibility index (Phi) is 5.19. The predicted octanol–water partition coefficient (Wildman–Crippen LogP) is 1.73. The molecule has 3 aliphatic heterocycles. The molecule has 6 nitrogen and oxygen atoms in total. The molecule has 3 heterocycles. The molecule has 3 saturated heterocycles. The third-order valence-corrected chi connectivity index (χ3v) is 6.34. The molecule has 0 spiro atoms. The number of fused-ring (bicyclic) bond motifs is 1. The molecule has 4 atom stereocenters. The maximum absolute atomic E-state index is 13.4. The van der Waals surface area contributed by atoms with Crippen LogP contribution >= 0.6 is 0 Å². The van der Waals surface area contributed by atoms with Gasteiger partial charge in [0.05, 0.1) is 23.6 Å². The Labute approximate surface area is 161 Å². The molecule has 146 valence electrons. The molecule has 1 aromatic rings. The zero-order valence-electron chi connectivity index (χ0n) is 16.3. The minimum Gasteiger partial charge on any atom is -0.342 e. The summed E-state index contributed by atoms with van der Waals surface area (Å²) in [5.41, 5.74) is 4.24. The van der Waals surface area contributed by atoms with Gasteiger partial charge in [-0.2, -0.15) is 0 Å². The first-order valence-corrected chi connectivity index (χ1v) is 10.2. The molecule has 1 aromatic carbocycles. The zero-order valence-corrected chi connectivity index (χ0v) is 16.3. The number of para-hydroxylation sites is 1. The van der Waals surface area contributed by atoms with Crippen LogP contribution in [0.25, 0.3) is 0 Å². The van der Waals surface area contributed by atoms with Crippen molar-refractivity contribution in [3.05, 3.63) is 30.3 Å². The van der Waals surface area contributed by atoms with Crippen molar-refractivity contribution in [2.75, 3.05) is 37.7 Å². The quantitative estimate of drug-likeness (QED) is 0.881. The van der Waals surface area contributed by atoms with E-state index in [4.69, 9.17) is 0 Å². The van der Waals surface area contributed by atoms with Gasteiger partial charge in [-0.3, -0.25) is 9.59 Å². The summed E-state index contributed by atoms with van der Waals surface area (Å²) in [5, 5.41) is 1.66. The van der Waals surface area contributed by atoms with Crippen LogP contribution in [0.15, 0.2) is 30.3 Å². The third-order valence-electron chi connectivity index (χ3n) is 6.34. The van der Waals surface area contributed by atoms with Gasteiger partial charge in [0.2, 0.25) is 11.8 Å². The van der Waals surface area contributed by atoms with Crippen LogP contribution in [0.4, 0.5) is 5.69 Å². The van der Waals surface area contributed by atoms with Gasteiger partial charge < -0.3 is 9.80 Å². The van der Waals surface area contributed by atoms with E-state index in [0.717, 1.165) is 44.8 Å². The van der Waals surface area contributed by atoms with Crippen LogP contribution in [0.2, 0.25) is 0 Å². The standard InChI is InChI=1S/C21H30N4O2/c1-3-23-13-17(20(26)24-11-7-8-15(2)12-24)19-18(14-23)21(27)25(22-19)16-9-5-4-6-10-16/h4-6,9-10,15,17-19,22H,3,7-8,11-14H2,1-2H3. The summed E-state index contributed by atoms with van der Waals surface area (Å²) in [6, 6.07) is 9.56. The molecule has 0 aromatic heterocycles. The van der Waals surface area contributed by atoms with Crippen molar-refractivity contribution in [2.24, 2.45) is 17.8 Å². The summed E-state index contributed by atoms with van der Waals surface area (Å²) in [7, 11) is 0. The highest BCUT2D eigenvalue weighted by molar-refractivity contribution is 5.98. The molecule has 0 aliphatic carbocycles. The average molecular weight is 370 g/mol. The van der Waals surface area contributed by atoms with Gasteiger partial charge in [0.25, 0.3) is 0 Å². The molecule has 0 saturated carbocycles. The second-order valence-electron chi connectivity index (χ2n) is 8.26. The van der Waals surface area contributed by atoms with Crippen LogP contribution in [-0.2, 0) is 9.59 Å². The molecular weight excluding hydrogens is 340 g/mol. The van der Waals surface area contributed by atoms with Gasteiger partial charge in [0.1, 0.15) is 0 Å². The van der Waals surface area contributed by atoms with Crippen molar-refractivity contribution in [3.8, 4) is 0 Å². The van der Waals surface area contributed by atoms with E-state index in [2.05, 4.69) is 24.2 Å². The van der Waals surface area contributed by atoms with E-state index in [1.807, 2.05) is 35.2 Å². The Balaban J connectivity index is 1.58. The fourth-order valence-electron chi connectivity index (χ4n) is 4.82.